The molecule has 1 N–H and O–H groups in total. The number of halogens is 2. The maximum atomic E-state index is 6.19. The fraction of sp³-hybridized carbons (Fsp3) is 0.375. The van der Waals surface area contributed by atoms with Gasteiger partial charge in [-0.15, -0.1) is 11.3 Å². The van der Waals surface area contributed by atoms with E-state index in [0.29, 0.717) is 6.04 Å². The Hall–Kier alpha value is -0.550. The van der Waals surface area contributed by atoms with Crippen LogP contribution in [0.1, 0.15) is 24.0 Å². The quantitative estimate of drug-likeness (QED) is 0.748. The number of anilines is 1. The average molecular weight is 386 g/mol. The average Bonchev–Trinajstić information content (AvgIpc) is 3.20. The molecule has 21 heavy (non-hydrogen) atoms. The van der Waals surface area contributed by atoms with E-state index in [1.807, 2.05) is 6.07 Å². The van der Waals surface area contributed by atoms with Crippen LogP contribution in [0.5, 0.6) is 0 Å². The largest absolute Gasteiger partial charge is 0.370 e. The van der Waals surface area contributed by atoms with E-state index in [9.17, 15) is 0 Å². The maximum absolute atomic E-state index is 6.19. The molecule has 1 heterocycles. The molecule has 1 fully saturated rings. The molecule has 0 radical (unpaired) electrons. The fourth-order valence-electron chi connectivity index (χ4n) is 2.37. The lowest BCUT2D eigenvalue weighted by atomic mass is 10.1. The summed E-state index contributed by atoms with van der Waals surface area (Å²) in [5.41, 5.74) is 3.83. The van der Waals surface area contributed by atoms with Gasteiger partial charge in [0.1, 0.15) is 0 Å². The predicted molar refractivity (Wildman–Crippen MR) is 95.4 cm³/mol. The lowest BCUT2D eigenvalue weighted by Crippen LogP contribution is -2.21. The van der Waals surface area contributed by atoms with Gasteiger partial charge in [-0.25, -0.2) is 0 Å². The summed E-state index contributed by atoms with van der Waals surface area (Å²) in [5, 5.41) is 6.56. The molecule has 0 saturated heterocycles. The van der Waals surface area contributed by atoms with Crippen molar-refractivity contribution < 1.29 is 0 Å². The van der Waals surface area contributed by atoms with E-state index in [2.05, 4.69) is 56.8 Å². The lowest BCUT2D eigenvalue weighted by molar-refractivity contribution is 0.685. The number of thiophene rings is 1. The molecule has 0 amide bonds. The highest BCUT2D eigenvalue weighted by atomic mass is 79.9. The normalized spacial score (nSPS) is 14.4. The summed E-state index contributed by atoms with van der Waals surface area (Å²) < 4.78 is 1.17. The second-order valence-electron chi connectivity index (χ2n) is 5.54. The van der Waals surface area contributed by atoms with Crippen LogP contribution in [0.4, 0.5) is 5.69 Å². The van der Waals surface area contributed by atoms with Gasteiger partial charge in [-0.2, -0.15) is 0 Å². The van der Waals surface area contributed by atoms with E-state index < -0.39 is 0 Å². The molecule has 3 rings (SSSR count). The minimum absolute atomic E-state index is 0.715. The molecular weight excluding hydrogens is 368 g/mol. The van der Waals surface area contributed by atoms with Gasteiger partial charge in [-0.3, -0.25) is 0 Å². The Labute approximate surface area is 143 Å². The maximum Gasteiger partial charge on any atom is 0.0701 e. The summed E-state index contributed by atoms with van der Waals surface area (Å²) in [6, 6.07) is 9.06. The van der Waals surface area contributed by atoms with Crippen molar-refractivity contribution in [3.8, 4) is 0 Å². The molecule has 0 unspecified atom stereocenters. The standard InChI is InChI=1S/C16H18BrClN2S/c1-20(9-11-6-16(17)21-10-11)15-7-13(18)3-2-12(15)8-19-14-4-5-14/h2-3,6-7,10,14,19H,4-5,8-9H2,1H3. The van der Waals surface area contributed by atoms with E-state index in [4.69, 9.17) is 11.6 Å². The molecule has 1 aliphatic carbocycles. The summed E-state index contributed by atoms with van der Waals surface area (Å²) in [7, 11) is 2.12. The van der Waals surface area contributed by atoms with Crippen molar-refractivity contribution in [3.05, 3.63) is 49.6 Å². The van der Waals surface area contributed by atoms with E-state index in [-0.39, 0.29) is 0 Å². The molecule has 1 aromatic carbocycles. The highest BCUT2D eigenvalue weighted by molar-refractivity contribution is 9.11. The molecule has 112 valence electrons. The van der Waals surface area contributed by atoms with E-state index in [0.717, 1.165) is 18.1 Å². The lowest BCUT2D eigenvalue weighted by Gasteiger charge is -2.23. The Bertz CT molecular complexity index is 624. The summed E-state index contributed by atoms with van der Waals surface area (Å²) in [4.78, 5) is 2.27. The second-order valence-corrected chi connectivity index (χ2v) is 8.27. The molecule has 1 aromatic heterocycles. The van der Waals surface area contributed by atoms with Gasteiger partial charge in [0.2, 0.25) is 0 Å². The minimum Gasteiger partial charge on any atom is -0.370 e. The highest BCUT2D eigenvalue weighted by Crippen LogP contribution is 2.28. The summed E-state index contributed by atoms with van der Waals surface area (Å²) in [5.74, 6) is 0. The Morgan fingerprint density at radius 1 is 1.38 bits per heavy atom. The molecule has 2 nitrogen and oxygen atoms in total. The fourth-order valence-corrected chi connectivity index (χ4v) is 3.74. The van der Waals surface area contributed by atoms with E-state index in [1.165, 1.54) is 33.4 Å². The third-order valence-corrected chi connectivity index (χ3v) is 5.45. The van der Waals surface area contributed by atoms with E-state index >= 15 is 0 Å². The van der Waals surface area contributed by atoms with Crippen molar-refractivity contribution in [2.75, 3.05) is 11.9 Å². The van der Waals surface area contributed by atoms with Gasteiger partial charge in [0.25, 0.3) is 0 Å². The topological polar surface area (TPSA) is 15.3 Å². The van der Waals surface area contributed by atoms with E-state index in [1.54, 1.807) is 11.3 Å². The SMILES string of the molecule is CN(Cc1csc(Br)c1)c1cc(Cl)ccc1CNC1CC1. The molecule has 0 bridgehead atoms. The van der Waals surface area contributed by atoms with Crippen molar-refractivity contribution in [1.29, 1.82) is 0 Å². The summed E-state index contributed by atoms with van der Waals surface area (Å²) in [6.45, 7) is 1.80. The zero-order chi connectivity index (χ0) is 14.8. The summed E-state index contributed by atoms with van der Waals surface area (Å²) in [6.07, 6.45) is 2.61. The second kappa shape index (κ2) is 6.69. The molecule has 1 aliphatic rings. The first-order valence-corrected chi connectivity index (χ1v) is 9.13. The van der Waals surface area contributed by atoms with Gasteiger partial charge in [-0.1, -0.05) is 17.7 Å². The highest BCUT2D eigenvalue weighted by Gasteiger charge is 2.21. The van der Waals surface area contributed by atoms with Crippen LogP contribution in [0.2, 0.25) is 5.02 Å². The number of nitrogens with one attached hydrogen (secondary N) is 1. The molecule has 0 aliphatic heterocycles. The molecule has 1 saturated carbocycles. The van der Waals surface area contributed by atoms with Gasteiger partial charge >= 0.3 is 0 Å². The van der Waals surface area contributed by atoms with Crippen molar-refractivity contribution in [2.45, 2.75) is 32.0 Å². The third kappa shape index (κ3) is 4.22. The van der Waals surface area contributed by atoms with Crippen molar-refractivity contribution in [3.63, 3.8) is 0 Å². The van der Waals surface area contributed by atoms with Gasteiger partial charge in [0.15, 0.2) is 0 Å². The van der Waals surface area contributed by atoms with Crippen molar-refractivity contribution >= 4 is 44.6 Å². The number of hydrogen-bond donors (Lipinski definition) is 1. The van der Waals surface area contributed by atoms with Crippen molar-refractivity contribution in [1.82, 2.24) is 5.32 Å². The first-order valence-electron chi connectivity index (χ1n) is 7.07. The Morgan fingerprint density at radius 2 is 2.19 bits per heavy atom. The van der Waals surface area contributed by atoms with Gasteiger partial charge in [0.05, 0.1) is 3.79 Å². The number of rotatable bonds is 6. The molecule has 0 spiro atoms. The smallest absolute Gasteiger partial charge is 0.0701 e. The van der Waals surface area contributed by atoms with Crippen LogP contribution in [0, 0.1) is 0 Å². The van der Waals surface area contributed by atoms with Crippen LogP contribution in [-0.2, 0) is 13.1 Å². The van der Waals surface area contributed by atoms with Gasteiger partial charge < -0.3 is 10.2 Å². The van der Waals surface area contributed by atoms with Gasteiger partial charge in [0, 0.05) is 36.9 Å². The van der Waals surface area contributed by atoms with Crippen LogP contribution in [0.15, 0.2) is 33.4 Å². The van der Waals surface area contributed by atoms with Crippen molar-refractivity contribution in [2.24, 2.45) is 0 Å². The van der Waals surface area contributed by atoms with Crippen LogP contribution in [-0.4, -0.2) is 13.1 Å². The number of benzene rings is 1. The Kier molecular flexibility index (Phi) is 4.89. The zero-order valence-corrected chi connectivity index (χ0v) is 15.1. The first kappa shape index (κ1) is 15.3. The van der Waals surface area contributed by atoms with Crippen LogP contribution < -0.4 is 10.2 Å². The number of nitrogens with zero attached hydrogens (tertiary/aromatic N) is 1. The first-order chi connectivity index (χ1) is 10.1. The third-order valence-electron chi connectivity index (χ3n) is 3.66. The Morgan fingerprint density at radius 3 is 2.86 bits per heavy atom. The monoisotopic (exact) mass is 384 g/mol. The van der Waals surface area contributed by atoms with Crippen LogP contribution >= 0.6 is 38.9 Å². The molecule has 2 aromatic rings. The Balaban J connectivity index is 1.75. The molecular formula is C16H18BrClN2S. The summed E-state index contributed by atoms with van der Waals surface area (Å²) >= 11 is 11.4. The molecule has 0 atom stereocenters. The zero-order valence-electron chi connectivity index (χ0n) is 11.9. The minimum atomic E-state index is 0.715. The molecule has 5 heteroatoms. The van der Waals surface area contributed by atoms with Crippen LogP contribution in [0.3, 0.4) is 0 Å². The van der Waals surface area contributed by atoms with Crippen LogP contribution in [0.25, 0.3) is 0 Å². The predicted octanol–water partition coefficient (Wildman–Crippen LogP) is 5.05. The number of hydrogen-bond acceptors (Lipinski definition) is 3. The van der Waals surface area contributed by atoms with Gasteiger partial charge in [-0.05, 0) is 63.5 Å².